The van der Waals surface area contributed by atoms with Gasteiger partial charge in [-0.1, -0.05) is 0 Å². The molecule has 0 atom stereocenters. The third-order valence-corrected chi connectivity index (χ3v) is 4.59. The average Bonchev–Trinajstić information content (AvgIpc) is 2.89. The average molecular weight is 351 g/mol. The molecular weight excluding hydrogens is 330 g/mol. The Bertz CT molecular complexity index is 935. The van der Waals surface area contributed by atoms with Gasteiger partial charge in [0.25, 0.3) is 11.9 Å². The molecule has 3 aromatic heterocycles. The minimum absolute atomic E-state index is 0.0224. The van der Waals surface area contributed by atoms with Crippen molar-refractivity contribution in [1.29, 1.82) is 0 Å². The van der Waals surface area contributed by atoms with E-state index in [0.29, 0.717) is 42.4 Å². The van der Waals surface area contributed by atoms with E-state index in [-0.39, 0.29) is 5.91 Å². The zero-order valence-corrected chi connectivity index (χ0v) is 15.0. The smallest absolute Gasteiger partial charge is 0.300 e. The molecule has 0 aromatic carbocycles. The number of pyridine rings is 2. The fourth-order valence-electron chi connectivity index (χ4n) is 3.13. The third-order valence-electron chi connectivity index (χ3n) is 4.59. The van der Waals surface area contributed by atoms with E-state index in [1.165, 1.54) is 0 Å². The Morgan fingerprint density at radius 2 is 1.85 bits per heavy atom. The Morgan fingerprint density at radius 3 is 2.65 bits per heavy atom. The van der Waals surface area contributed by atoms with Crippen LogP contribution in [0.25, 0.3) is 11.2 Å². The Morgan fingerprint density at radius 1 is 1.00 bits per heavy atom. The molecule has 1 aliphatic rings. The summed E-state index contributed by atoms with van der Waals surface area (Å²) in [4.78, 5) is 29.8. The molecule has 1 aliphatic heterocycles. The van der Waals surface area contributed by atoms with Gasteiger partial charge >= 0.3 is 0 Å². The summed E-state index contributed by atoms with van der Waals surface area (Å²) in [7, 11) is 0. The number of aromatic nitrogens is 3. The molecule has 0 bridgehead atoms. The zero-order valence-electron chi connectivity index (χ0n) is 15.0. The van der Waals surface area contributed by atoms with Crippen LogP contribution < -0.4 is 4.90 Å². The van der Waals surface area contributed by atoms with Gasteiger partial charge in [0.15, 0.2) is 5.58 Å². The monoisotopic (exact) mass is 351 g/mol. The maximum Gasteiger partial charge on any atom is 0.300 e. The number of carbonyl (C=O) groups is 1. The van der Waals surface area contributed by atoms with E-state index in [9.17, 15) is 4.79 Å². The third kappa shape index (κ3) is 3.24. The van der Waals surface area contributed by atoms with Crippen molar-refractivity contribution in [2.45, 2.75) is 20.3 Å². The topological polar surface area (TPSA) is 75.4 Å². The first-order valence-electron chi connectivity index (χ1n) is 8.81. The molecule has 0 aliphatic carbocycles. The summed E-state index contributed by atoms with van der Waals surface area (Å²) in [5, 5.41) is 0. The number of oxazole rings is 1. The number of anilines is 1. The number of nitrogens with zero attached hydrogens (tertiary/aromatic N) is 5. The number of fused-ring (bicyclic) bond motifs is 1. The van der Waals surface area contributed by atoms with Gasteiger partial charge in [0.05, 0.1) is 5.56 Å². The summed E-state index contributed by atoms with van der Waals surface area (Å²) in [5.41, 5.74) is 3.77. The lowest BCUT2D eigenvalue weighted by Crippen LogP contribution is -2.35. The second-order valence-electron chi connectivity index (χ2n) is 6.59. The first-order valence-corrected chi connectivity index (χ1v) is 8.81. The summed E-state index contributed by atoms with van der Waals surface area (Å²) in [6.07, 6.45) is 2.51. The van der Waals surface area contributed by atoms with Crippen molar-refractivity contribution in [2.24, 2.45) is 0 Å². The van der Waals surface area contributed by atoms with Gasteiger partial charge in [0, 0.05) is 43.8 Å². The van der Waals surface area contributed by atoms with Crippen molar-refractivity contribution in [1.82, 2.24) is 19.9 Å². The normalized spacial score (nSPS) is 15.3. The summed E-state index contributed by atoms with van der Waals surface area (Å²) < 4.78 is 5.85. The Hall–Kier alpha value is -2.96. The molecule has 0 N–H and O–H groups in total. The van der Waals surface area contributed by atoms with Gasteiger partial charge in [-0.05, 0) is 44.5 Å². The van der Waals surface area contributed by atoms with Gasteiger partial charge in [0.1, 0.15) is 0 Å². The lowest BCUT2D eigenvalue weighted by Gasteiger charge is -2.21. The fourth-order valence-corrected chi connectivity index (χ4v) is 3.13. The van der Waals surface area contributed by atoms with Crippen LogP contribution in [0.15, 0.2) is 34.9 Å². The Balaban J connectivity index is 1.48. The van der Waals surface area contributed by atoms with Gasteiger partial charge in [-0.15, -0.1) is 0 Å². The lowest BCUT2D eigenvalue weighted by molar-refractivity contribution is 0.0766. The number of carbonyl (C=O) groups excluding carboxylic acids is 1. The van der Waals surface area contributed by atoms with Gasteiger partial charge in [-0.2, -0.15) is 4.98 Å². The number of aryl methyl sites for hydroxylation is 2. The number of hydrogen-bond acceptors (Lipinski definition) is 6. The molecule has 1 fully saturated rings. The first-order chi connectivity index (χ1) is 12.6. The maximum atomic E-state index is 12.7. The van der Waals surface area contributed by atoms with Gasteiger partial charge in [0.2, 0.25) is 5.65 Å². The highest BCUT2D eigenvalue weighted by molar-refractivity contribution is 5.94. The number of amides is 1. The Labute approximate surface area is 151 Å². The molecule has 134 valence electrons. The van der Waals surface area contributed by atoms with Crippen LogP contribution in [-0.4, -0.2) is 51.9 Å². The summed E-state index contributed by atoms with van der Waals surface area (Å²) in [5.74, 6) is 0.0224. The van der Waals surface area contributed by atoms with Gasteiger partial charge < -0.3 is 14.2 Å². The van der Waals surface area contributed by atoms with Crippen LogP contribution in [0.3, 0.4) is 0 Å². The van der Waals surface area contributed by atoms with Crippen LogP contribution in [-0.2, 0) is 0 Å². The van der Waals surface area contributed by atoms with E-state index < -0.39 is 0 Å². The Kier molecular flexibility index (Phi) is 4.28. The second-order valence-corrected chi connectivity index (χ2v) is 6.59. The molecule has 1 amide bonds. The van der Waals surface area contributed by atoms with Crippen molar-refractivity contribution >= 4 is 23.2 Å². The van der Waals surface area contributed by atoms with Crippen molar-refractivity contribution in [2.75, 3.05) is 31.1 Å². The number of rotatable bonds is 2. The molecule has 4 rings (SSSR count). The maximum absolute atomic E-state index is 12.7. The van der Waals surface area contributed by atoms with E-state index in [1.807, 2.05) is 43.0 Å². The standard InChI is InChI=1S/C19H21N5O2/c1-13-4-6-15(12-20-13)18(25)23-8-3-9-24(11-10-23)19-22-17-16(26-19)7-5-14(2)21-17/h4-7,12H,3,8-11H2,1-2H3. The largest absolute Gasteiger partial charge is 0.422 e. The van der Waals surface area contributed by atoms with E-state index in [0.717, 1.165) is 24.4 Å². The molecule has 0 radical (unpaired) electrons. The quantitative estimate of drug-likeness (QED) is 0.706. The predicted molar refractivity (Wildman–Crippen MR) is 98.2 cm³/mol. The molecule has 0 unspecified atom stereocenters. The van der Waals surface area contributed by atoms with Crippen LogP contribution in [0.1, 0.15) is 28.2 Å². The molecular formula is C19H21N5O2. The molecule has 0 spiro atoms. The van der Waals surface area contributed by atoms with Crippen LogP contribution in [0.2, 0.25) is 0 Å². The molecule has 0 saturated carbocycles. The van der Waals surface area contributed by atoms with Crippen molar-refractivity contribution in [3.8, 4) is 0 Å². The second kappa shape index (κ2) is 6.74. The van der Waals surface area contributed by atoms with E-state index in [4.69, 9.17) is 4.42 Å². The fraction of sp³-hybridized carbons (Fsp3) is 0.368. The van der Waals surface area contributed by atoms with Gasteiger partial charge in [-0.3, -0.25) is 9.78 Å². The zero-order chi connectivity index (χ0) is 18.1. The van der Waals surface area contributed by atoms with E-state index >= 15 is 0 Å². The molecule has 1 saturated heterocycles. The number of hydrogen-bond donors (Lipinski definition) is 0. The molecule has 26 heavy (non-hydrogen) atoms. The summed E-state index contributed by atoms with van der Waals surface area (Å²) >= 11 is 0. The minimum Gasteiger partial charge on any atom is -0.422 e. The summed E-state index contributed by atoms with van der Waals surface area (Å²) in [6.45, 7) is 6.65. The van der Waals surface area contributed by atoms with Crippen molar-refractivity contribution in [3.63, 3.8) is 0 Å². The molecule has 3 aromatic rings. The first kappa shape index (κ1) is 16.5. The molecule has 4 heterocycles. The highest BCUT2D eigenvalue weighted by Gasteiger charge is 2.23. The van der Waals surface area contributed by atoms with Crippen LogP contribution in [0, 0.1) is 13.8 Å². The van der Waals surface area contributed by atoms with E-state index in [2.05, 4.69) is 19.9 Å². The SMILES string of the molecule is Cc1ccc(C(=O)N2CCCN(c3nc4nc(C)ccc4o3)CC2)cn1. The highest BCUT2D eigenvalue weighted by Crippen LogP contribution is 2.22. The lowest BCUT2D eigenvalue weighted by atomic mass is 10.2. The van der Waals surface area contributed by atoms with Crippen LogP contribution >= 0.6 is 0 Å². The van der Waals surface area contributed by atoms with Crippen LogP contribution in [0.5, 0.6) is 0 Å². The van der Waals surface area contributed by atoms with Crippen molar-refractivity contribution in [3.05, 3.63) is 47.4 Å². The van der Waals surface area contributed by atoms with Gasteiger partial charge in [-0.25, -0.2) is 4.98 Å². The van der Waals surface area contributed by atoms with Crippen molar-refractivity contribution < 1.29 is 9.21 Å². The molecule has 7 nitrogen and oxygen atoms in total. The predicted octanol–water partition coefficient (Wildman–Crippen LogP) is 2.59. The highest BCUT2D eigenvalue weighted by atomic mass is 16.4. The van der Waals surface area contributed by atoms with E-state index in [1.54, 1.807) is 6.20 Å². The summed E-state index contributed by atoms with van der Waals surface area (Å²) in [6, 6.07) is 8.08. The minimum atomic E-state index is 0.0224. The molecule has 7 heteroatoms. The van der Waals surface area contributed by atoms with Crippen LogP contribution in [0.4, 0.5) is 6.01 Å².